The van der Waals surface area contributed by atoms with E-state index < -0.39 is 5.91 Å². The van der Waals surface area contributed by atoms with E-state index in [1.807, 2.05) is 6.92 Å². The van der Waals surface area contributed by atoms with Crippen LogP contribution in [-0.4, -0.2) is 34.0 Å². The fourth-order valence-electron chi connectivity index (χ4n) is 1.73. The maximum absolute atomic E-state index is 10.8. The Kier molecular flexibility index (Phi) is 5.42. The summed E-state index contributed by atoms with van der Waals surface area (Å²) in [7, 11) is 0. The van der Waals surface area contributed by atoms with Gasteiger partial charge >= 0.3 is 0 Å². The molecule has 8 nitrogen and oxygen atoms in total. The van der Waals surface area contributed by atoms with Crippen molar-refractivity contribution in [2.75, 3.05) is 18.6 Å². The molecule has 0 unspecified atom stereocenters. The second-order valence-electron chi connectivity index (χ2n) is 4.30. The van der Waals surface area contributed by atoms with Crippen molar-refractivity contribution < 1.29 is 14.3 Å². The Labute approximate surface area is 132 Å². The van der Waals surface area contributed by atoms with Crippen molar-refractivity contribution in [2.45, 2.75) is 13.5 Å². The second-order valence-corrected chi connectivity index (χ2v) is 4.70. The number of carbonyl (C=O) groups excluding carboxylic acids is 1. The predicted octanol–water partition coefficient (Wildman–Crippen LogP) is 0.938. The summed E-state index contributed by atoms with van der Waals surface area (Å²) in [5.74, 6) is 0.170. The van der Waals surface area contributed by atoms with Gasteiger partial charge in [-0.05, 0) is 24.6 Å². The van der Waals surface area contributed by atoms with Crippen LogP contribution < -0.4 is 20.6 Å². The molecule has 118 valence electrons. The average molecular weight is 326 g/mol. The lowest BCUT2D eigenvalue weighted by atomic mass is 10.2. The van der Waals surface area contributed by atoms with Crippen LogP contribution in [0.15, 0.2) is 24.8 Å². The quantitative estimate of drug-likeness (QED) is 0.748. The summed E-state index contributed by atoms with van der Waals surface area (Å²) in [5.41, 5.74) is 9.01. The fourth-order valence-corrected chi connectivity index (χ4v) is 2.02. The number of halogens is 1. The number of nitrogens with zero attached hydrogens (tertiary/aromatic N) is 3. The van der Waals surface area contributed by atoms with Crippen molar-refractivity contribution in [1.29, 1.82) is 0 Å². The minimum Gasteiger partial charge on any atom is -0.490 e. The highest BCUT2D eigenvalue weighted by Crippen LogP contribution is 2.36. The highest BCUT2D eigenvalue weighted by atomic mass is 35.5. The van der Waals surface area contributed by atoms with E-state index in [1.165, 1.54) is 12.7 Å². The van der Waals surface area contributed by atoms with Crippen LogP contribution in [-0.2, 0) is 11.3 Å². The van der Waals surface area contributed by atoms with Gasteiger partial charge in [0.05, 0.1) is 18.2 Å². The van der Waals surface area contributed by atoms with Crippen LogP contribution >= 0.6 is 11.6 Å². The van der Waals surface area contributed by atoms with E-state index in [-0.39, 0.29) is 6.61 Å². The van der Waals surface area contributed by atoms with Gasteiger partial charge in [0.25, 0.3) is 5.91 Å². The molecule has 1 aromatic carbocycles. The molecule has 0 aliphatic rings. The third-order valence-corrected chi connectivity index (χ3v) is 2.89. The van der Waals surface area contributed by atoms with Crippen molar-refractivity contribution in [3.8, 4) is 11.5 Å². The molecule has 3 N–H and O–H groups in total. The van der Waals surface area contributed by atoms with Crippen LogP contribution in [0, 0.1) is 0 Å². The first-order chi connectivity index (χ1) is 10.6. The molecule has 1 aromatic heterocycles. The van der Waals surface area contributed by atoms with E-state index in [1.54, 1.807) is 16.8 Å². The Hall–Kier alpha value is -2.48. The Morgan fingerprint density at radius 1 is 1.36 bits per heavy atom. The van der Waals surface area contributed by atoms with Gasteiger partial charge in [0.2, 0.25) is 0 Å². The molecule has 0 bridgehead atoms. The number of nitrogens with one attached hydrogen (secondary N) is 1. The van der Waals surface area contributed by atoms with Crippen molar-refractivity contribution in [1.82, 2.24) is 14.9 Å². The molecular formula is C13H16ClN5O3. The zero-order valence-electron chi connectivity index (χ0n) is 12.0. The number of ether oxygens (including phenoxy) is 2. The Balaban J connectivity index is 2.16. The molecule has 1 amide bonds. The van der Waals surface area contributed by atoms with E-state index >= 15 is 0 Å². The third kappa shape index (κ3) is 4.26. The summed E-state index contributed by atoms with van der Waals surface area (Å²) in [4.78, 5) is 10.8. The second kappa shape index (κ2) is 7.51. The van der Waals surface area contributed by atoms with E-state index in [2.05, 4.69) is 15.6 Å². The first-order valence-electron chi connectivity index (χ1n) is 6.55. The number of rotatable bonds is 8. The molecule has 0 saturated heterocycles. The van der Waals surface area contributed by atoms with Crippen LogP contribution in [0.5, 0.6) is 11.5 Å². The monoisotopic (exact) mass is 325 g/mol. The first kappa shape index (κ1) is 15.9. The molecule has 0 aliphatic carbocycles. The lowest BCUT2D eigenvalue weighted by Gasteiger charge is -2.15. The van der Waals surface area contributed by atoms with Gasteiger partial charge in [0, 0.05) is 0 Å². The molecule has 9 heteroatoms. The van der Waals surface area contributed by atoms with Crippen molar-refractivity contribution in [2.24, 2.45) is 5.73 Å². The van der Waals surface area contributed by atoms with Crippen molar-refractivity contribution in [3.05, 3.63) is 35.4 Å². The van der Waals surface area contributed by atoms with Crippen molar-refractivity contribution in [3.63, 3.8) is 0 Å². The van der Waals surface area contributed by atoms with Gasteiger partial charge in [-0.1, -0.05) is 11.6 Å². The maximum atomic E-state index is 10.8. The first-order valence-corrected chi connectivity index (χ1v) is 6.92. The molecule has 0 radical (unpaired) electrons. The van der Waals surface area contributed by atoms with Gasteiger partial charge in [-0.25, -0.2) is 4.68 Å². The molecule has 2 aromatic rings. The van der Waals surface area contributed by atoms with Crippen LogP contribution in [0.2, 0.25) is 5.02 Å². The fraction of sp³-hybridized carbons (Fsp3) is 0.308. The molecular weight excluding hydrogens is 310 g/mol. The number of benzene rings is 1. The summed E-state index contributed by atoms with van der Waals surface area (Å²) in [6.07, 6.45) is 3.07. The molecule has 0 atom stereocenters. The molecule has 0 saturated carbocycles. The number of aromatic nitrogens is 3. The minimum atomic E-state index is -0.586. The molecule has 2 rings (SSSR count). The van der Waals surface area contributed by atoms with E-state index in [9.17, 15) is 4.79 Å². The molecule has 0 spiro atoms. The van der Waals surface area contributed by atoms with Crippen molar-refractivity contribution >= 4 is 17.5 Å². The summed E-state index contributed by atoms with van der Waals surface area (Å²) in [6.45, 7) is 2.49. The zero-order valence-corrected chi connectivity index (χ0v) is 12.7. The Morgan fingerprint density at radius 3 is 2.73 bits per heavy atom. The smallest absolute Gasteiger partial charge is 0.255 e. The van der Waals surface area contributed by atoms with Gasteiger partial charge < -0.3 is 20.6 Å². The van der Waals surface area contributed by atoms with E-state index in [0.717, 1.165) is 5.56 Å². The number of hydrogen-bond acceptors (Lipinski definition) is 6. The number of hydrogen-bond donors (Lipinski definition) is 2. The predicted molar refractivity (Wildman–Crippen MR) is 80.4 cm³/mol. The zero-order chi connectivity index (χ0) is 15.9. The number of primary amides is 1. The molecule has 0 aliphatic heterocycles. The Morgan fingerprint density at radius 2 is 2.09 bits per heavy atom. The normalized spacial score (nSPS) is 10.3. The van der Waals surface area contributed by atoms with Crippen LogP contribution in [0.1, 0.15) is 12.5 Å². The molecule has 0 fully saturated rings. The molecule has 1 heterocycles. The summed E-state index contributed by atoms with van der Waals surface area (Å²) < 4.78 is 12.4. The van der Waals surface area contributed by atoms with Gasteiger partial charge in [-0.2, -0.15) is 0 Å². The topological polar surface area (TPSA) is 104 Å². The largest absolute Gasteiger partial charge is 0.490 e. The van der Waals surface area contributed by atoms with Gasteiger partial charge in [-0.15, -0.1) is 10.2 Å². The van der Waals surface area contributed by atoms with Crippen LogP contribution in [0.4, 0.5) is 0 Å². The third-order valence-electron chi connectivity index (χ3n) is 2.61. The number of carbonyl (C=O) groups is 1. The SMILES string of the molecule is CCOc1cc(CNn2cnnc2)cc(Cl)c1OCC(N)=O. The lowest BCUT2D eigenvalue weighted by Crippen LogP contribution is -2.20. The van der Waals surface area contributed by atoms with Gasteiger partial charge in [-0.3, -0.25) is 4.79 Å². The lowest BCUT2D eigenvalue weighted by molar-refractivity contribution is -0.119. The summed E-state index contributed by atoms with van der Waals surface area (Å²) >= 11 is 6.20. The standard InChI is InChI=1S/C13H16ClN5O3/c1-2-21-11-4-9(5-18-19-7-16-17-8-19)3-10(14)13(11)22-6-12(15)20/h3-4,7-8,18H,2,5-6H2,1H3,(H2,15,20). The number of nitrogens with two attached hydrogens (primary N) is 1. The average Bonchev–Trinajstić information content (AvgIpc) is 2.97. The van der Waals surface area contributed by atoms with E-state index in [0.29, 0.717) is 29.7 Å². The molecule has 22 heavy (non-hydrogen) atoms. The minimum absolute atomic E-state index is 0.266. The van der Waals surface area contributed by atoms with Crippen LogP contribution in [0.3, 0.4) is 0 Å². The van der Waals surface area contributed by atoms with E-state index in [4.69, 9.17) is 26.8 Å². The summed E-state index contributed by atoms with van der Waals surface area (Å²) in [6, 6.07) is 3.50. The highest BCUT2D eigenvalue weighted by molar-refractivity contribution is 6.32. The summed E-state index contributed by atoms with van der Waals surface area (Å²) in [5, 5.41) is 7.72. The highest BCUT2D eigenvalue weighted by Gasteiger charge is 2.13. The maximum Gasteiger partial charge on any atom is 0.255 e. The van der Waals surface area contributed by atoms with Crippen LogP contribution in [0.25, 0.3) is 0 Å². The van der Waals surface area contributed by atoms with Gasteiger partial charge in [0.1, 0.15) is 12.7 Å². The van der Waals surface area contributed by atoms with Gasteiger partial charge in [0.15, 0.2) is 18.1 Å². The Bertz CT molecular complexity index is 633. The number of amides is 1.